The van der Waals surface area contributed by atoms with Crippen LogP contribution in [0, 0.1) is 0 Å². The maximum absolute atomic E-state index is 12.7. The fourth-order valence-corrected chi connectivity index (χ4v) is 8.01. The lowest BCUT2D eigenvalue weighted by Gasteiger charge is -2.20. The van der Waals surface area contributed by atoms with E-state index < -0.39 is 26.5 Å². The Morgan fingerprint density at radius 3 is 1.21 bits per heavy atom. The monoisotopic (exact) mass is 884 g/mol. The lowest BCUT2D eigenvalue weighted by Crippen LogP contribution is -2.29. The molecule has 9 nitrogen and oxygen atoms in total. The number of unbranched alkanes of at least 4 members (excludes halogenated alkanes) is 30. The second-order valence-electron chi connectivity index (χ2n) is 17.7. The smallest absolute Gasteiger partial charge is 0.462 e. The van der Waals surface area contributed by atoms with Crippen LogP contribution in [-0.4, -0.2) is 68.3 Å². The molecule has 360 valence electrons. The maximum Gasteiger partial charge on any atom is 0.472 e. The lowest BCUT2D eigenvalue weighted by molar-refractivity contribution is -0.161. The molecule has 0 heterocycles. The molecule has 2 atom stereocenters. The van der Waals surface area contributed by atoms with Gasteiger partial charge in [-0.25, -0.2) is 4.57 Å². The molecule has 0 amide bonds. The summed E-state index contributed by atoms with van der Waals surface area (Å²) in [7, 11) is -0.708. The zero-order chi connectivity index (χ0) is 44.8. The number of nitrogens with zero attached hydrogens (tertiary/aromatic N) is 1. The standard InChI is InChI=1S/C51H98NO8P/c1-5-7-9-11-13-15-17-19-21-23-24-25-26-28-30-32-34-36-38-40-42-44-51(54)60-49(48-59-61(55,56)58-46-45-52(3)4)47-57-50(53)43-41-39-37-35-33-31-29-27-22-20-18-16-14-12-10-8-6-2/h19-22,49H,5-18,23-48H2,1-4H3,(H,55,56)/b21-19-,22-20-. The number of carbonyl (C=O) groups excluding carboxylic acids is 2. The molecule has 0 fully saturated rings. The predicted octanol–water partition coefficient (Wildman–Crippen LogP) is 15.3. The van der Waals surface area contributed by atoms with E-state index in [1.807, 2.05) is 19.0 Å². The third-order valence-electron chi connectivity index (χ3n) is 11.2. The normalized spacial score (nSPS) is 13.4. The summed E-state index contributed by atoms with van der Waals surface area (Å²) in [5.41, 5.74) is 0. The van der Waals surface area contributed by atoms with Crippen molar-refractivity contribution in [3.8, 4) is 0 Å². The Kier molecular flexibility index (Phi) is 45.3. The number of phosphoric acid groups is 1. The van der Waals surface area contributed by atoms with Gasteiger partial charge in [-0.2, -0.15) is 0 Å². The lowest BCUT2D eigenvalue weighted by atomic mass is 10.0. The van der Waals surface area contributed by atoms with E-state index in [-0.39, 0.29) is 32.0 Å². The Morgan fingerprint density at radius 2 is 0.836 bits per heavy atom. The van der Waals surface area contributed by atoms with Crippen LogP contribution < -0.4 is 0 Å². The van der Waals surface area contributed by atoms with Gasteiger partial charge in [0.05, 0.1) is 13.2 Å². The highest BCUT2D eigenvalue weighted by Crippen LogP contribution is 2.43. The Hall–Kier alpha value is -1.51. The van der Waals surface area contributed by atoms with E-state index in [0.717, 1.165) is 32.1 Å². The molecule has 0 saturated carbocycles. The maximum atomic E-state index is 12.7. The minimum atomic E-state index is -4.37. The van der Waals surface area contributed by atoms with Crippen molar-refractivity contribution in [2.75, 3.05) is 40.5 Å². The van der Waals surface area contributed by atoms with Gasteiger partial charge in [-0.05, 0) is 78.3 Å². The molecule has 0 radical (unpaired) electrons. The third-order valence-corrected chi connectivity index (χ3v) is 12.2. The first kappa shape index (κ1) is 59.5. The number of rotatable bonds is 48. The molecule has 1 N–H and O–H groups in total. The van der Waals surface area contributed by atoms with Crippen molar-refractivity contribution in [3.05, 3.63) is 24.3 Å². The predicted molar refractivity (Wildman–Crippen MR) is 257 cm³/mol. The van der Waals surface area contributed by atoms with Crippen LogP contribution in [0.2, 0.25) is 0 Å². The molecule has 0 aromatic carbocycles. The first-order valence-corrected chi connectivity index (χ1v) is 27.1. The van der Waals surface area contributed by atoms with E-state index in [2.05, 4.69) is 38.2 Å². The minimum absolute atomic E-state index is 0.00833. The molecule has 0 spiro atoms. The molecule has 0 bridgehead atoms. The molecular formula is C51H98NO8P. The first-order valence-electron chi connectivity index (χ1n) is 25.6. The number of likely N-dealkylation sites (N-methyl/N-ethyl adjacent to an activating group) is 1. The SMILES string of the molecule is CCCCCCCC/C=C\CCCCCCCCCCCCCC(=O)OC(COC(=O)CCCCCCCCC/C=C\CCCCCCCC)COP(=O)(O)OCCN(C)C. The highest BCUT2D eigenvalue weighted by molar-refractivity contribution is 7.47. The van der Waals surface area contributed by atoms with Gasteiger partial charge in [0.1, 0.15) is 6.61 Å². The van der Waals surface area contributed by atoms with E-state index in [0.29, 0.717) is 13.0 Å². The van der Waals surface area contributed by atoms with Crippen LogP contribution in [0.1, 0.15) is 245 Å². The average Bonchev–Trinajstić information content (AvgIpc) is 3.23. The third kappa shape index (κ3) is 47.8. The Morgan fingerprint density at radius 1 is 0.492 bits per heavy atom. The summed E-state index contributed by atoms with van der Waals surface area (Å²) >= 11 is 0. The Labute approximate surface area is 376 Å². The van der Waals surface area contributed by atoms with E-state index in [1.54, 1.807) is 0 Å². The molecule has 0 saturated heterocycles. The highest BCUT2D eigenvalue weighted by Gasteiger charge is 2.26. The molecule has 0 aromatic heterocycles. The summed E-state index contributed by atoms with van der Waals surface area (Å²) in [6, 6.07) is 0. The van der Waals surface area contributed by atoms with Crippen molar-refractivity contribution in [2.24, 2.45) is 0 Å². The molecule has 0 aliphatic rings. The van der Waals surface area contributed by atoms with E-state index >= 15 is 0 Å². The van der Waals surface area contributed by atoms with Crippen LogP contribution in [0.15, 0.2) is 24.3 Å². The first-order chi connectivity index (χ1) is 29.7. The van der Waals surface area contributed by atoms with Crippen LogP contribution in [0.3, 0.4) is 0 Å². The molecule has 0 aliphatic carbocycles. The topological polar surface area (TPSA) is 112 Å². The van der Waals surface area contributed by atoms with Crippen LogP contribution in [-0.2, 0) is 32.7 Å². The van der Waals surface area contributed by atoms with Crippen LogP contribution in [0.5, 0.6) is 0 Å². The number of carbonyl (C=O) groups is 2. The Bertz CT molecular complexity index is 1070. The van der Waals surface area contributed by atoms with Gasteiger partial charge in [-0.3, -0.25) is 18.6 Å². The molecule has 0 aromatic rings. The van der Waals surface area contributed by atoms with Gasteiger partial charge >= 0.3 is 19.8 Å². The minimum Gasteiger partial charge on any atom is -0.462 e. The summed E-state index contributed by atoms with van der Waals surface area (Å²) in [5.74, 6) is -0.798. The van der Waals surface area contributed by atoms with Gasteiger partial charge in [-0.1, -0.05) is 192 Å². The second kappa shape index (κ2) is 46.5. The van der Waals surface area contributed by atoms with E-state index in [4.69, 9.17) is 18.5 Å². The molecule has 61 heavy (non-hydrogen) atoms. The van der Waals surface area contributed by atoms with Crippen molar-refractivity contribution in [2.45, 2.75) is 251 Å². The number of hydrogen-bond acceptors (Lipinski definition) is 8. The van der Waals surface area contributed by atoms with Gasteiger partial charge in [0.15, 0.2) is 6.10 Å². The quantitative estimate of drug-likeness (QED) is 0.0276. The number of phosphoric ester groups is 1. The molecule has 2 unspecified atom stereocenters. The van der Waals surface area contributed by atoms with Gasteiger partial charge in [0.25, 0.3) is 0 Å². The summed E-state index contributed by atoms with van der Waals surface area (Å²) in [4.78, 5) is 37.2. The van der Waals surface area contributed by atoms with Crippen molar-refractivity contribution >= 4 is 19.8 Å². The summed E-state index contributed by atoms with van der Waals surface area (Å²) in [5, 5.41) is 0. The van der Waals surface area contributed by atoms with Crippen LogP contribution in [0.4, 0.5) is 0 Å². The second-order valence-corrected chi connectivity index (χ2v) is 19.1. The van der Waals surface area contributed by atoms with Crippen molar-refractivity contribution in [1.29, 1.82) is 0 Å². The fourth-order valence-electron chi connectivity index (χ4n) is 7.27. The van der Waals surface area contributed by atoms with Gasteiger partial charge in [-0.15, -0.1) is 0 Å². The number of esters is 2. The summed E-state index contributed by atoms with van der Waals surface area (Å²) in [6.45, 7) is 4.35. The average molecular weight is 884 g/mol. The zero-order valence-electron chi connectivity index (χ0n) is 40.4. The zero-order valence-corrected chi connectivity index (χ0v) is 41.3. The van der Waals surface area contributed by atoms with Crippen molar-refractivity contribution in [3.63, 3.8) is 0 Å². The largest absolute Gasteiger partial charge is 0.472 e. The van der Waals surface area contributed by atoms with Crippen molar-refractivity contribution in [1.82, 2.24) is 4.90 Å². The highest BCUT2D eigenvalue weighted by atomic mass is 31.2. The summed E-state index contributed by atoms with van der Waals surface area (Å²) < 4.78 is 33.6. The van der Waals surface area contributed by atoms with E-state index in [1.165, 1.54) is 180 Å². The number of ether oxygens (including phenoxy) is 2. The number of hydrogen-bond donors (Lipinski definition) is 1. The van der Waals surface area contributed by atoms with Crippen LogP contribution >= 0.6 is 7.82 Å². The molecule has 10 heteroatoms. The fraction of sp³-hybridized carbons (Fsp3) is 0.882. The molecule has 0 rings (SSSR count). The van der Waals surface area contributed by atoms with Gasteiger partial charge in [0, 0.05) is 19.4 Å². The van der Waals surface area contributed by atoms with E-state index in [9.17, 15) is 19.0 Å². The van der Waals surface area contributed by atoms with Crippen LogP contribution in [0.25, 0.3) is 0 Å². The summed E-state index contributed by atoms with van der Waals surface area (Å²) in [6.07, 6.45) is 50.8. The van der Waals surface area contributed by atoms with Crippen molar-refractivity contribution < 1.29 is 37.6 Å². The molecular weight excluding hydrogens is 786 g/mol. The number of allylic oxidation sites excluding steroid dienone is 4. The molecule has 0 aliphatic heterocycles. The van der Waals surface area contributed by atoms with Gasteiger partial charge in [0.2, 0.25) is 0 Å². The Balaban J connectivity index is 4.16. The van der Waals surface area contributed by atoms with Gasteiger partial charge < -0.3 is 19.3 Å².